The molecule has 58 valence electrons. The minimum atomic E-state index is -0.00116. The SMILES string of the molecule is S=C(S)NC1CNCCO1. The van der Waals surface area contributed by atoms with Crippen LogP contribution in [0.3, 0.4) is 0 Å². The van der Waals surface area contributed by atoms with Gasteiger partial charge in [-0.2, -0.15) is 0 Å². The monoisotopic (exact) mass is 178 g/mol. The lowest BCUT2D eigenvalue weighted by Gasteiger charge is -2.24. The topological polar surface area (TPSA) is 33.3 Å². The predicted octanol–water partition coefficient (Wildman–Crippen LogP) is -0.263. The van der Waals surface area contributed by atoms with Crippen LogP contribution < -0.4 is 10.6 Å². The van der Waals surface area contributed by atoms with Gasteiger partial charge in [-0.1, -0.05) is 12.2 Å². The Balaban J connectivity index is 2.19. The normalized spacial score (nSPS) is 25.9. The average molecular weight is 178 g/mol. The lowest BCUT2D eigenvalue weighted by molar-refractivity contribution is 0.0205. The summed E-state index contributed by atoms with van der Waals surface area (Å²) in [6.07, 6.45) is -0.00116. The lowest BCUT2D eigenvalue weighted by atomic mass is 10.4. The fourth-order valence-corrected chi connectivity index (χ4v) is 1.07. The van der Waals surface area contributed by atoms with Gasteiger partial charge in [-0.15, -0.1) is 12.6 Å². The molecule has 1 aliphatic heterocycles. The Bertz CT molecular complexity index is 125. The van der Waals surface area contributed by atoms with Crippen molar-refractivity contribution < 1.29 is 4.74 Å². The molecule has 0 aromatic heterocycles. The summed E-state index contributed by atoms with van der Waals surface area (Å²) in [5.74, 6) is 0. The van der Waals surface area contributed by atoms with Gasteiger partial charge in [0.05, 0.1) is 6.61 Å². The predicted molar refractivity (Wildman–Crippen MR) is 47.3 cm³/mol. The number of morpholine rings is 1. The van der Waals surface area contributed by atoms with Gasteiger partial charge in [-0.05, 0) is 0 Å². The third-order valence-corrected chi connectivity index (χ3v) is 1.46. The summed E-state index contributed by atoms with van der Waals surface area (Å²) in [5.41, 5.74) is 0. The van der Waals surface area contributed by atoms with Crippen LogP contribution in [-0.2, 0) is 4.74 Å². The summed E-state index contributed by atoms with van der Waals surface area (Å²) in [6, 6.07) is 0. The number of ether oxygens (including phenoxy) is 1. The van der Waals surface area contributed by atoms with Gasteiger partial charge in [-0.25, -0.2) is 0 Å². The van der Waals surface area contributed by atoms with E-state index in [1.165, 1.54) is 0 Å². The number of hydrogen-bond donors (Lipinski definition) is 3. The van der Waals surface area contributed by atoms with E-state index in [2.05, 4.69) is 23.3 Å². The van der Waals surface area contributed by atoms with E-state index < -0.39 is 0 Å². The quantitative estimate of drug-likeness (QED) is 0.381. The molecule has 10 heavy (non-hydrogen) atoms. The van der Waals surface area contributed by atoms with Crippen LogP contribution in [0.25, 0.3) is 0 Å². The van der Waals surface area contributed by atoms with Crippen LogP contribution in [0.1, 0.15) is 0 Å². The van der Waals surface area contributed by atoms with Crippen LogP contribution in [0.4, 0.5) is 0 Å². The standard InChI is InChI=1S/C5H10N2OS2/c9-5(10)7-4-3-6-1-2-8-4/h4,6H,1-3H2,(H2,7,9,10). The Hall–Kier alpha value is 0.160. The highest BCUT2D eigenvalue weighted by molar-refractivity contribution is 8.11. The Morgan fingerprint density at radius 3 is 3.10 bits per heavy atom. The molecule has 0 spiro atoms. The number of hydrogen-bond acceptors (Lipinski definition) is 3. The van der Waals surface area contributed by atoms with Gasteiger partial charge >= 0.3 is 0 Å². The van der Waals surface area contributed by atoms with Crippen LogP contribution >= 0.6 is 24.8 Å². The molecule has 1 rings (SSSR count). The molecule has 0 aromatic rings. The first kappa shape index (κ1) is 8.26. The second-order valence-electron chi connectivity index (χ2n) is 2.01. The first-order valence-corrected chi connectivity index (χ1v) is 3.96. The second kappa shape index (κ2) is 4.12. The van der Waals surface area contributed by atoms with Gasteiger partial charge < -0.3 is 15.4 Å². The van der Waals surface area contributed by atoms with Crippen molar-refractivity contribution in [2.75, 3.05) is 19.7 Å². The van der Waals surface area contributed by atoms with Crippen molar-refractivity contribution in [1.82, 2.24) is 10.6 Å². The number of nitrogens with one attached hydrogen (secondary N) is 2. The molecule has 0 aromatic carbocycles. The molecule has 5 heteroatoms. The molecule has 1 atom stereocenters. The van der Waals surface area contributed by atoms with Crippen LogP contribution in [0.15, 0.2) is 0 Å². The molecule has 0 radical (unpaired) electrons. The van der Waals surface area contributed by atoms with E-state index in [9.17, 15) is 0 Å². The largest absolute Gasteiger partial charge is 0.356 e. The first-order valence-electron chi connectivity index (χ1n) is 3.11. The fraction of sp³-hybridized carbons (Fsp3) is 0.800. The lowest BCUT2D eigenvalue weighted by Crippen LogP contribution is -2.47. The van der Waals surface area contributed by atoms with Gasteiger partial charge in [-0.3, -0.25) is 0 Å². The third-order valence-electron chi connectivity index (χ3n) is 1.21. The summed E-state index contributed by atoms with van der Waals surface area (Å²) >= 11 is 8.64. The van der Waals surface area contributed by atoms with Crippen molar-refractivity contribution in [1.29, 1.82) is 0 Å². The summed E-state index contributed by atoms with van der Waals surface area (Å²) in [5, 5.41) is 6.05. The maximum atomic E-state index is 5.28. The highest BCUT2D eigenvalue weighted by Crippen LogP contribution is 1.92. The Labute approximate surface area is 70.9 Å². The van der Waals surface area contributed by atoms with E-state index in [1.54, 1.807) is 0 Å². The van der Waals surface area contributed by atoms with Crippen LogP contribution in [0, 0.1) is 0 Å². The van der Waals surface area contributed by atoms with Gasteiger partial charge in [0.15, 0.2) is 0 Å². The molecule has 2 N–H and O–H groups in total. The molecule has 0 amide bonds. The first-order chi connectivity index (χ1) is 4.79. The van der Waals surface area contributed by atoms with E-state index in [4.69, 9.17) is 17.0 Å². The molecular formula is C5H10N2OS2. The average Bonchev–Trinajstić information content (AvgIpc) is 1.88. The molecule has 0 bridgehead atoms. The summed E-state index contributed by atoms with van der Waals surface area (Å²) < 4.78 is 5.76. The minimum Gasteiger partial charge on any atom is -0.356 e. The van der Waals surface area contributed by atoms with E-state index >= 15 is 0 Å². The zero-order valence-corrected chi connectivity index (χ0v) is 7.17. The Morgan fingerprint density at radius 2 is 2.60 bits per heavy atom. The zero-order valence-electron chi connectivity index (χ0n) is 5.46. The smallest absolute Gasteiger partial charge is 0.141 e. The van der Waals surface area contributed by atoms with E-state index in [1.807, 2.05) is 0 Å². The second-order valence-corrected chi connectivity index (χ2v) is 3.17. The van der Waals surface area contributed by atoms with Crippen LogP contribution in [0.2, 0.25) is 0 Å². The van der Waals surface area contributed by atoms with Gasteiger partial charge in [0.1, 0.15) is 10.5 Å². The van der Waals surface area contributed by atoms with Crippen molar-refractivity contribution >= 4 is 29.2 Å². The van der Waals surface area contributed by atoms with Crippen molar-refractivity contribution in [3.8, 4) is 0 Å². The molecule has 1 fully saturated rings. The number of thiocarbonyl (C=S) groups is 1. The maximum Gasteiger partial charge on any atom is 0.141 e. The molecule has 1 heterocycles. The highest BCUT2D eigenvalue weighted by Gasteiger charge is 2.11. The van der Waals surface area contributed by atoms with E-state index in [-0.39, 0.29) is 6.23 Å². The highest BCUT2D eigenvalue weighted by atomic mass is 32.1. The summed E-state index contributed by atoms with van der Waals surface area (Å²) in [6.45, 7) is 2.44. The van der Waals surface area contributed by atoms with Gasteiger partial charge in [0.25, 0.3) is 0 Å². The van der Waals surface area contributed by atoms with Crippen molar-refractivity contribution in [3.63, 3.8) is 0 Å². The minimum absolute atomic E-state index is 0.00116. The van der Waals surface area contributed by atoms with E-state index in [0.29, 0.717) is 4.32 Å². The maximum absolute atomic E-state index is 5.28. The molecular weight excluding hydrogens is 168 g/mol. The number of thiol groups is 1. The fourth-order valence-electron chi connectivity index (χ4n) is 0.796. The summed E-state index contributed by atoms with van der Waals surface area (Å²) in [7, 11) is 0. The van der Waals surface area contributed by atoms with Crippen molar-refractivity contribution in [2.24, 2.45) is 0 Å². The molecule has 3 nitrogen and oxygen atoms in total. The van der Waals surface area contributed by atoms with Crippen LogP contribution in [0.5, 0.6) is 0 Å². The summed E-state index contributed by atoms with van der Waals surface area (Å²) in [4.78, 5) is 0. The van der Waals surface area contributed by atoms with Gasteiger partial charge in [0, 0.05) is 13.1 Å². The van der Waals surface area contributed by atoms with Crippen molar-refractivity contribution in [3.05, 3.63) is 0 Å². The molecule has 0 aliphatic carbocycles. The molecule has 1 unspecified atom stereocenters. The Kier molecular flexibility index (Phi) is 3.41. The van der Waals surface area contributed by atoms with Crippen LogP contribution in [-0.4, -0.2) is 30.2 Å². The van der Waals surface area contributed by atoms with Crippen molar-refractivity contribution in [2.45, 2.75) is 6.23 Å². The zero-order chi connectivity index (χ0) is 7.40. The van der Waals surface area contributed by atoms with Gasteiger partial charge in [0.2, 0.25) is 0 Å². The Morgan fingerprint density at radius 1 is 1.80 bits per heavy atom. The number of rotatable bonds is 1. The van der Waals surface area contributed by atoms with E-state index in [0.717, 1.165) is 19.7 Å². The molecule has 0 saturated carbocycles. The molecule has 1 saturated heterocycles. The third kappa shape index (κ3) is 2.83. The molecule has 1 aliphatic rings.